The molecule has 0 saturated carbocycles. The van der Waals surface area contributed by atoms with Crippen molar-refractivity contribution in [1.82, 2.24) is 4.90 Å². The van der Waals surface area contributed by atoms with Crippen molar-refractivity contribution < 1.29 is 14.3 Å². The lowest BCUT2D eigenvalue weighted by atomic mass is 10.1. The minimum atomic E-state index is -0.174. The summed E-state index contributed by atoms with van der Waals surface area (Å²) in [5.41, 5.74) is 1.85. The van der Waals surface area contributed by atoms with Crippen LogP contribution in [-0.4, -0.2) is 36.0 Å². The van der Waals surface area contributed by atoms with Crippen LogP contribution in [0.2, 0.25) is 0 Å². The number of carbonyl (C=O) groups is 2. The maximum atomic E-state index is 13.2. The minimum absolute atomic E-state index is 0.0279. The smallest absolute Gasteiger partial charge is 0.255 e. The number of anilines is 1. The third-order valence-electron chi connectivity index (χ3n) is 5.09. The lowest BCUT2D eigenvalue weighted by molar-refractivity contribution is 0.0509. The van der Waals surface area contributed by atoms with Gasteiger partial charge in [0.1, 0.15) is 0 Å². The van der Waals surface area contributed by atoms with Crippen LogP contribution in [-0.2, 0) is 11.3 Å². The van der Waals surface area contributed by atoms with Crippen molar-refractivity contribution in [2.45, 2.75) is 25.5 Å². The van der Waals surface area contributed by atoms with Crippen molar-refractivity contribution in [3.8, 4) is 0 Å². The van der Waals surface area contributed by atoms with Gasteiger partial charge in [0.15, 0.2) is 0 Å². The van der Waals surface area contributed by atoms with Crippen molar-refractivity contribution >= 4 is 28.8 Å². The summed E-state index contributed by atoms with van der Waals surface area (Å²) in [7, 11) is 0. The number of rotatable bonds is 7. The van der Waals surface area contributed by atoms with E-state index in [4.69, 9.17) is 4.74 Å². The Morgan fingerprint density at radius 2 is 1.80 bits per heavy atom. The monoisotopic (exact) mass is 420 g/mol. The van der Waals surface area contributed by atoms with Crippen molar-refractivity contribution in [2.24, 2.45) is 0 Å². The fourth-order valence-electron chi connectivity index (χ4n) is 3.52. The number of thiophene rings is 1. The van der Waals surface area contributed by atoms with Gasteiger partial charge in [-0.15, -0.1) is 11.3 Å². The number of hydrogen-bond acceptors (Lipinski definition) is 4. The molecule has 1 N–H and O–H groups in total. The average molecular weight is 421 g/mol. The molecule has 2 heterocycles. The van der Waals surface area contributed by atoms with Gasteiger partial charge in [0.25, 0.3) is 11.8 Å². The third kappa shape index (κ3) is 5.14. The normalized spacial score (nSPS) is 15.7. The topological polar surface area (TPSA) is 58.6 Å². The summed E-state index contributed by atoms with van der Waals surface area (Å²) in [5.74, 6) is -0.202. The van der Waals surface area contributed by atoms with Crippen LogP contribution in [0.4, 0.5) is 5.69 Å². The molecule has 0 spiro atoms. The van der Waals surface area contributed by atoms with Gasteiger partial charge in [0, 0.05) is 34.8 Å². The Morgan fingerprint density at radius 1 is 1.00 bits per heavy atom. The summed E-state index contributed by atoms with van der Waals surface area (Å²) in [4.78, 5) is 28.5. The second kappa shape index (κ2) is 9.69. The number of hydrogen-bond donors (Lipinski definition) is 1. The first-order valence-electron chi connectivity index (χ1n) is 10.1. The number of amides is 2. The molecule has 1 aromatic heterocycles. The highest BCUT2D eigenvalue weighted by Crippen LogP contribution is 2.20. The first-order chi connectivity index (χ1) is 14.7. The SMILES string of the molecule is O=C(Nc1ccc(C(=O)N(Cc2cccs2)CC2CCCO2)cc1)c1ccccc1. The van der Waals surface area contributed by atoms with Crippen molar-refractivity contribution in [1.29, 1.82) is 0 Å². The lowest BCUT2D eigenvalue weighted by Gasteiger charge is -2.25. The summed E-state index contributed by atoms with van der Waals surface area (Å²) in [6.45, 7) is 1.92. The molecule has 0 radical (unpaired) electrons. The molecule has 3 aromatic rings. The zero-order valence-corrected chi connectivity index (χ0v) is 17.4. The molecule has 1 unspecified atom stereocenters. The largest absolute Gasteiger partial charge is 0.376 e. The Labute approximate surface area is 180 Å². The summed E-state index contributed by atoms with van der Waals surface area (Å²) < 4.78 is 5.76. The van der Waals surface area contributed by atoms with Crippen LogP contribution in [0.25, 0.3) is 0 Å². The van der Waals surface area contributed by atoms with E-state index in [0.717, 1.165) is 24.3 Å². The zero-order valence-electron chi connectivity index (χ0n) is 16.6. The van der Waals surface area contributed by atoms with Gasteiger partial charge in [-0.2, -0.15) is 0 Å². The fraction of sp³-hybridized carbons (Fsp3) is 0.250. The van der Waals surface area contributed by atoms with Crippen LogP contribution in [0, 0.1) is 0 Å². The average Bonchev–Trinajstić information content (AvgIpc) is 3.48. The van der Waals surface area contributed by atoms with Gasteiger partial charge < -0.3 is 15.0 Å². The number of carbonyl (C=O) groups excluding carboxylic acids is 2. The summed E-state index contributed by atoms with van der Waals surface area (Å²) >= 11 is 1.65. The van der Waals surface area contributed by atoms with Crippen molar-refractivity contribution in [3.63, 3.8) is 0 Å². The second-order valence-electron chi connectivity index (χ2n) is 7.30. The van der Waals surface area contributed by atoms with E-state index in [9.17, 15) is 9.59 Å². The number of nitrogens with one attached hydrogen (secondary N) is 1. The van der Waals surface area contributed by atoms with E-state index >= 15 is 0 Å². The molecule has 5 nitrogen and oxygen atoms in total. The van der Waals surface area contributed by atoms with E-state index < -0.39 is 0 Å². The molecule has 6 heteroatoms. The van der Waals surface area contributed by atoms with Crippen molar-refractivity contribution in [3.05, 3.63) is 88.1 Å². The van der Waals surface area contributed by atoms with Gasteiger partial charge >= 0.3 is 0 Å². The van der Waals surface area contributed by atoms with Gasteiger partial charge in [-0.05, 0) is 60.7 Å². The van der Waals surface area contributed by atoms with Gasteiger partial charge in [-0.25, -0.2) is 0 Å². The molecule has 1 saturated heterocycles. The molecule has 1 aliphatic heterocycles. The van der Waals surface area contributed by atoms with Crippen LogP contribution >= 0.6 is 11.3 Å². The third-order valence-corrected chi connectivity index (χ3v) is 5.95. The predicted octanol–water partition coefficient (Wildman–Crippen LogP) is 4.82. The quantitative estimate of drug-likeness (QED) is 0.596. The molecule has 1 atom stereocenters. The Kier molecular flexibility index (Phi) is 6.57. The number of benzene rings is 2. The maximum Gasteiger partial charge on any atom is 0.255 e. The highest BCUT2D eigenvalue weighted by atomic mass is 32.1. The predicted molar refractivity (Wildman–Crippen MR) is 119 cm³/mol. The number of ether oxygens (including phenoxy) is 1. The highest BCUT2D eigenvalue weighted by Gasteiger charge is 2.24. The fourth-order valence-corrected chi connectivity index (χ4v) is 4.23. The summed E-state index contributed by atoms with van der Waals surface area (Å²) in [6.07, 6.45) is 2.12. The zero-order chi connectivity index (χ0) is 20.8. The standard InChI is InChI=1S/C24H24N2O3S/c27-23(18-6-2-1-3-7-18)25-20-12-10-19(11-13-20)24(28)26(16-21-8-4-14-29-21)17-22-9-5-15-30-22/h1-3,5-7,9-13,15,21H,4,8,14,16-17H2,(H,25,27). The van der Waals surface area contributed by atoms with E-state index in [2.05, 4.69) is 5.32 Å². The molecule has 4 rings (SSSR count). The Balaban J connectivity index is 1.45. The maximum absolute atomic E-state index is 13.2. The molecule has 30 heavy (non-hydrogen) atoms. The lowest BCUT2D eigenvalue weighted by Crippen LogP contribution is -2.36. The molecular weight excluding hydrogens is 396 g/mol. The summed E-state index contributed by atoms with van der Waals surface area (Å²) in [5, 5.41) is 4.89. The van der Waals surface area contributed by atoms with Gasteiger partial charge in [-0.3, -0.25) is 9.59 Å². The van der Waals surface area contributed by atoms with E-state index in [1.165, 1.54) is 0 Å². The molecule has 2 amide bonds. The first-order valence-corrected chi connectivity index (χ1v) is 11.0. The first kappa shape index (κ1) is 20.3. The van der Waals surface area contributed by atoms with E-state index in [1.807, 2.05) is 40.6 Å². The molecule has 0 bridgehead atoms. The van der Waals surface area contributed by atoms with Crippen LogP contribution < -0.4 is 5.32 Å². The van der Waals surface area contributed by atoms with Gasteiger partial charge in [-0.1, -0.05) is 24.3 Å². The molecular formula is C24H24N2O3S. The van der Waals surface area contributed by atoms with E-state index in [1.54, 1.807) is 47.7 Å². The van der Waals surface area contributed by atoms with Gasteiger partial charge in [0.2, 0.25) is 0 Å². The van der Waals surface area contributed by atoms with Crippen LogP contribution in [0.5, 0.6) is 0 Å². The Hall–Kier alpha value is -2.96. The highest BCUT2D eigenvalue weighted by molar-refractivity contribution is 7.09. The number of nitrogens with zero attached hydrogens (tertiary/aromatic N) is 1. The van der Waals surface area contributed by atoms with E-state index in [-0.39, 0.29) is 17.9 Å². The van der Waals surface area contributed by atoms with Crippen LogP contribution in [0.1, 0.15) is 38.4 Å². The molecule has 2 aromatic carbocycles. The minimum Gasteiger partial charge on any atom is -0.376 e. The Bertz CT molecular complexity index is 965. The molecule has 154 valence electrons. The van der Waals surface area contributed by atoms with E-state index in [0.29, 0.717) is 29.9 Å². The molecule has 0 aliphatic carbocycles. The van der Waals surface area contributed by atoms with Gasteiger partial charge in [0.05, 0.1) is 12.6 Å². The summed E-state index contributed by atoms with van der Waals surface area (Å²) in [6, 6.07) is 20.2. The van der Waals surface area contributed by atoms with Crippen molar-refractivity contribution in [2.75, 3.05) is 18.5 Å². The second-order valence-corrected chi connectivity index (χ2v) is 8.33. The van der Waals surface area contributed by atoms with Crippen LogP contribution in [0.15, 0.2) is 72.1 Å². The molecule has 1 fully saturated rings. The molecule has 1 aliphatic rings. The van der Waals surface area contributed by atoms with Crippen LogP contribution in [0.3, 0.4) is 0 Å². The Morgan fingerprint density at radius 3 is 2.47 bits per heavy atom.